The zero-order valence-corrected chi connectivity index (χ0v) is 22.3. The van der Waals surface area contributed by atoms with Crippen molar-refractivity contribution in [3.63, 3.8) is 0 Å². The fourth-order valence-corrected chi connectivity index (χ4v) is 5.52. The fourth-order valence-electron chi connectivity index (χ4n) is 4.97. The van der Waals surface area contributed by atoms with Gasteiger partial charge in [-0.1, -0.05) is 40.5 Å². The molecule has 196 valence electrons. The maximum Gasteiger partial charge on any atom is 0.336 e. The first kappa shape index (κ1) is 25.3. The van der Waals surface area contributed by atoms with Gasteiger partial charge >= 0.3 is 5.97 Å². The Morgan fingerprint density at radius 3 is 2.50 bits per heavy atom. The molecule has 9 heteroatoms. The predicted octanol–water partition coefficient (Wildman–Crippen LogP) is 7.58. The summed E-state index contributed by atoms with van der Waals surface area (Å²) in [6, 6.07) is 7.50. The molecule has 0 spiro atoms. The normalized spacial score (nSPS) is 15.3. The Bertz CT molecular complexity index is 1490. The van der Waals surface area contributed by atoms with Crippen molar-refractivity contribution in [3.8, 4) is 11.3 Å². The molecule has 6 rings (SSSR count). The van der Waals surface area contributed by atoms with Gasteiger partial charge in [-0.2, -0.15) is 0 Å². The van der Waals surface area contributed by atoms with Gasteiger partial charge in [0.05, 0.1) is 27.7 Å². The number of carbonyl (C=O) groups is 1. The van der Waals surface area contributed by atoms with Crippen molar-refractivity contribution >= 4 is 40.1 Å². The summed E-state index contributed by atoms with van der Waals surface area (Å²) in [5.41, 5.74) is 5.43. The molecule has 2 aliphatic carbocycles. The highest BCUT2D eigenvalue weighted by Crippen LogP contribution is 2.46. The second kappa shape index (κ2) is 10.6. The summed E-state index contributed by atoms with van der Waals surface area (Å²) in [5.74, 6) is 0.807. The average Bonchev–Trinajstić information content (AvgIpc) is 3.84. The van der Waals surface area contributed by atoms with E-state index in [4.69, 9.17) is 37.4 Å². The van der Waals surface area contributed by atoms with Gasteiger partial charge in [0, 0.05) is 47.1 Å². The molecule has 1 N–H and O–H groups in total. The lowest BCUT2D eigenvalue weighted by molar-refractivity contribution is 0.0699. The van der Waals surface area contributed by atoms with Crippen molar-refractivity contribution in [2.24, 2.45) is 0 Å². The van der Waals surface area contributed by atoms with Gasteiger partial charge in [-0.3, -0.25) is 9.97 Å². The lowest BCUT2D eigenvalue weighted by atomic mass is 10.00. The summed E-state index contributed by atoms with van der Waals surface area (Å²) in [7, 11) is 0. The molecule has 4 aromatic rings. The molecule has 3 heterocycles. The summed E-state index contributed by atoms with van der Waals surface area (Å²) in [4.78, 5) is 20.6. The quantitative estimate of drug-likeness (QED) is 0.192. The van der Waals surface area contributed by atoms with Gasteiger partial charge in [0.1, 0.15) is 11.5 Å². The highest BCUT2D eigenvalue weighted by molar-refractivity contribution is 6.38. The van der Waals surface area contributed by atoms with Crippen LogP contribution < -0.4 is 0 Å². The smallest absolute Gasteiger partial charge is 0.336 e. The molecule has 0 bridgehead atoms. The second-order valence-electron chi connectivity index (χ2n) is 10.1. The summed E-state index contributed by atoms with van der Waals surface area (Å²) in [5, 5.41) is 15.5. The van der Waals surface area contributed by atoms with Crippen LogP contribution in [0.2, 0.25) is 10.0 Å². The maximum atomic E-state index is 11.7. The topological polar surface area (TPSA) is 98.3 Å². The number of aryl methyl sites for hydroxylation is 1. The van der Waals surface area contributed by atoms with Gasteiger partial charge in [0.15, 0.2) is 0 Å². The number of hydrogen-bond acceptors (Lipinski definition) is 6. The number of carboxylic acids is 1. The Morgan fingerprint density at radius 1 is 1.03 bits per heavy atom. The van der Waals surface area contributed by atoms with Crippen LogP contribution in [0, 0.1) is 0 Å². The number of unbranched alkanes of at least 4 members (excludes halogenated alkanes) is 1. The number of nitrogens with zero attached hydrogens (tertiary/aromatic N) is 3. The lowest BCUT2D eigenvalue weighted by Gasteiger charge is -2.10. The van der Waals surface area contributed by atoms with Crippen molar-refractivity contribution in [2.45, 2.75) is 63.4 Å². The molecule has 2 fully saturated rings. The third-order valence-electron chi connectivity index (χ3n) is 7.27. The molecular formula is C29H27Cl2N3O4. The van der Waals surface area contributed by atoms with Crippen LogP contribution in [0.5, 0.6) is 0 Å². The van der Waals surface area contributed by atoms with E-state index >= 15 is 0 Å². The van der Waals surface area contributed by atoms with Gasteiger partial charge in [-0.05, 0) is 68.6 Å². The molecule has 7 nitrogen and oxygen atoms in total. The van der Waals surface area contributed by atoms with E-state index in [9.17, 15) is 9.90 Å². The van der Waals surface area contributed by atoms with Crippen LogP contribution in [0.15, 0.2) is 41.2 Å². The van der Waals surface area contributed by atoms with E-state index in [0.29, 0.717) is 51.9 Å². The van der Waals surface area contributed by atoms with E-state index in [2.05, 4.69) is 10.1 Å². The Balaban J connectivity index is 1.09. The van der Waals surface area contributed by atoms with Gasteiger partial charge in [0.2, 0.25) is 0 Å². The maximum absolute atomic E-state index is 11.7. The molecule has 0 radical (unpaired) electrons. The summed E-state index contributed by atoms with van der Waals surface area (Å²) in [6.07, 6.45) is 10.1. The number of pyridine rings is 2. The van der Waals surface area contributed by atoms with Crippen molar-refractivity contribution in [1.82, 2.24) is 15.1 Å². The van der Waals surface area contributed by atoms with Crippen molar-refractivity contribution in [2.75, 3.05) is 6.61 Å². The number of halogens is 2. The Morgan fingerprint density at radius 2 is 1.79 bits per heavy atom. The zero-order valence-electron chi connectivity index (χ0n) is 20.8. The standard InChI is InChI=1S/C29H27Cl2N3O4/c30-23-13-32-14-24(31)25(23)27-22(28(38-34-27)17-6-7-17)15-37-12-2-1-3-18-8-9-20-21(29(35)36)11-10-19(16-4-5-16)26(20)33-18/h8-11,13-14,16-17H,1-7,12,15H2,(H,35,36). The number of carboxylic acid groups (broad SMARTS) is 1. The van der Waals surface area contributed by atoms with Crippen LogP contribution >= 0.6 is 23.2 Å². The molecule has 0 saturated heterocycles. The Kier molecular flexibility index (Phi) is 7.08. The van der Waals surface area contributed by atoms with Gasteiger partial charge in [-0.15, -0.1) is 0 Å². The summed E-state index contributed by atoms with van der Waals surface area (Å²) in [6.45, 7) is 0.952. The minimum atomic E-state index is -0.918. The highest BCUT2D eigenvalue weighted by Gasteiger charge is 2.33. The SMILES string of the molecule is O=C(O)c1ccc(C2CC2)c2nc(CCCCOCc3c(-c4c(Cl)cncc4Cl)noc3C3CC3)ccc12. The Hall–Kier alpha value is -3.00. The van der Waals surface area contributed by atoms with Crippen LogP contribution in [0.4, 0.5) is 0 Å². The second-order valence-corrected chi connectivity index (χ2v) is 10.9. The summed E-state index contributed by atoms with van der Waals surface area (Å²) >= 11 is 12.8. The van der Waals surface area contributed by atoms with Crippen LogP contribution in [0.1, 0.15) is 83.3 Å². The first-order valence-electron chi connectivity index (χ1n) is 13.0. The molecule has 2 aliphatic rings. The summed E-state index contributed by atoms with van der Waals surface area (Å²) < 4.78 is 11.8. The molecule has 38 heavy (non-hydrogen) atoms. The minimum absolute atomic E-state index is 0.310. The van der Waals surface area contributed by atoms with E-state index in [-0.39, 0.29) is 0 Å². The van der Waals surface area contributed by atoms with Crippen LogP contribution in [-0.4, -0.2) is 32.8 Å². The number of benzene rings is 1. The molecule has 0 unspecified atom stereocenters. The number of aromatic nitrogens is 3. The fraction of sp³-hybridized carbons (Fsp3) is 0.379. The number of ether oxygens (including phenoxy) is 1. The zero-order chi connectivity index (χ0) is 26.2. The van der Waals surface area contributed by atoms with E-state index in [0.717, 1.165) is 72.9 Å². The molecule has 2 saturated carbocycles. The molecule has 1 aromatic carbocycles. The molecule has 0 amide bonds. The predicted molar refractivity (Wildman–Crippen MR) is 145 cm³/mol. The van der Waals surface area contributed by atoms with Crippen LogP contribution in [0.3, 0.4) is 0 Å². The van der Waals surface area contributed by atoms with Gasteiger partial charge < -0.3 is 14.4 Å². The molecule has 3 aromatic heterocycles. The van der Waals surface area contributed by atoms with E-state index in [1.54, 1.807) is 18.5 Å². The van der Waals surface area contributed by atoms with E-state index in [1.165, 1.54) is 5.56 Å². The lowest BCUT2D eigenvalue weighted by Crippen LogP contribution is -2.02. The highest BCUT2D eigenvalue weighted by atomic mass is 35.5. The number of fused-ring (bicyclic) bond motifs is 1. The third kappa shape index (κ3) is 5.15. The van der Waals surface area contributed by atoms with E-state index in [1.807, 2.05) is 18.2 Å². The van der Waals surface area contributed by atoms with Crippen molar-refractivity contribution < 1.29 is 19.2 Å². The molecular weight excluding hydrogens is 525 g/mol. The van der Waals surface area contributed by atoms with Crippen molar-refractivity contribution in [1.29, 1.82) is 0 Å². The number of rotatable bonds is 11. The monoisotopic (exact) mass is 551 g/mol. The largest absolute Gasteiger partial charge is 0.478 e. The first-order valence-corrected chi connectivity index (χ1v) is 13.8. The van der Waals surface area contributed by atoms with Crippen LogP contribution in [0.25, 0.3) is 22.2 Å². The Labute approximate surface area is 230 Å². The number of hydrogen-bond donors (Lipinski definition) is 1. The molecule has 0 aliphatic heterocycles. The third-order valence-corrected chi connectivity index (χ3v) is 7.84. The average molecular weight is 552 g/mol. The minimum Gasteiger partial charge on any atom is -0.478 e. The van der Waals surface area contributed by atoms with Crippen LogP contribution in [-0.2, 0) is 17.8 Å². The number of aromatic carboxylic acids is 1. The van der Waals surface area contributed by atoms with E-state index < -0.39 is 5.97 Å². The van der Waals surface area contributed by atoms with Crippen molar-refractivity contribution in [3.05, 3.63) is 74.8 Å². The van der Waals surface area contributed by atoms with Gasteiger partial charge in [-0.25, -0.2) is 4.79 Å². The first-order chi connectivity index (χ1) is 18.5. The molecule has 0 atom stereocenters. The van der Waals surface area contributed by atoms with Gasteiger partial charge in [0.25, 0.3) is 0 Å².